The standard InChI is InChI=1S/C16H26BrN/c1-5-10-18-14(12-16(2,3)4)11-13-8-6-7-9-15(13)17/h6-9,14,18H,5,10-12H2,1-4H3. The molecule has 0 heterocycles. The average Bonchev–Trinajstić information content (AvgIpc) is 2.27. The van der Waals surface area contributed by atoms with E-state index in [0.29, 0.717) is 11.5 Å². The van der Waals surface area contributed by atoms with E-state index in [1.54, 1.807) is 0 Å². The van der Waals surface area contributed by atoms with Gasteiger partial charge in [0.2, 0.25) is 0 Å². The van der Waals surface area contributed by atoms with Crippen LogP contribution in [0.2, 0.25) is 0 Å². The number of rotatable bonds is 6. The highest BCUT2D eigenvalue weighted by molar-refractivity contribution is 9.10. The molecule has 0 spiro atoms. The summed E-state index contributed by atoms with van der Waals surface area (Å²) in [5.41, 5.74) is 1.77. The molecule has 1 N–H and O–H groups in total. The second kappa shape index (κ2) is 7.30. The SMILES string of the molecule is CCCNC(Cc1ccccc1Br)CC(C)(C)C. The molecule has 1 aromatic rings. The Kier molecular flexibility index (Phi) is 6.37. The molecule has 1 aromatic carbocycles. The predicted molar refractivity (Wildman–Crippen MR) is 84.0 cm³/mol. The molecule has 0 aliphatic carbocycles. The first-order valence-electron chi connectivity index (χ1n) is 6.89. The molecule has 1 atom stereocenters. The van der Waals surface area contributed by atoms with Crippen molar-refractivity contribution in [1.29, 1.82) is 0 Å². The van der Waals surface area contributed by atoms with Gasteiger partial charge < -0.3 is 5.32 Å². The highest BCUT2D eigenvalue weighted by Crippen LogP contribution is 2.25. The molecule has 0 fully saturated rings. The van der Waals surface area contributed by atoms with Crippen LogP contribution < -0.4 is 5.32 Å². The molecular formula is C16H26BrN. The Labute approximate surface area is 120 Å². The third-order valence-corrected chi connectivity index (χ3v) is 3.74. The van der Waals surface area contributed by atoms with Crippen LogP contribution in [0.5, 0.6) is 0 Å². The van der Waals surface area contributed by atoms with Gasteiger partial charge in [0.15, 0.2) is 0 Å². The fourth-order valence-corrected chi connectivity index (χ4v) is 2.68. The van der Waals surface area contributed by atoms with Gasteiger partial charge >= 0.3 is 0 Å². The van der Waals surface area contributed by atoms with Crippen molar-refractivity contribution in [3.05, 3.63) is 34.3 Å². The van der Waals surface area contributed by atoms with Gasteiger partial charge in [-0.3, -0.25) is 0 Å². The molecule has 0 radical (unpaired) electrons. The maximum atomic E-state index is 3.68. The van der Waals surface area contributed by atoms with Gasteiger partial charge in [0.25, 0.3) is 0 Å². The molecule has 1 rings (SSSR count). The summed E-state index contributed by atoms with van der Waals surface area (Å²) in [5, 5.41) is 3.68. The number of halogens is 1. The number of benzene rings is 1. The van der Waals surface area contributed by atoms with Crippen LogP contribution in [0.4, 0.5) is 0 Å². The molecule has 0 aliphatic heterocycles. The van der Waals surface area contributed by atoms with E-state index >= 15 is 0 Å². The van der Waals surface area contributed by atoms with Gasteiger partial charge in [0.05, 0.1) is 0 Å². The fraction of sp³-hybridized carbons (Fsp3) is 0.625. The molecule has 2 heteroatoms. The van der Waals surface area contributed by atoms with E-state index in [4.69, 9.17) is 0 Å². The van der Waals surface area contributed by atoms with E-state index in [1.807, 2.05) is 0 Å². The Morgan fingerprint density at radius 3 is 2.44 bits per heavy atom. The monoisotopic (exact) mass is 311 g/mol. The summed E-state index contributed by atoms with van der Waals surface area (Å²) in [4.78, 5) is 0. The molecule has 1 unspecified atom stereocenters. The zero-order valence-corrected chi connectivity index (χ0v) is 13.7. The van der Waals surface area contributed by atoms with Crippen molar-refractivity contribution in [3.63, 3.8) is 0 Å². The van der Waals surface area contributed by atoms with E-state index in [2.05, 4.69) is 73.2 Å². The predicted octanol–water partition coefficient (Wildman–Crippen LogP) is 4.80. The van der Waals surface area contributed by atoms with Gasteiger partial charge in [-0.1, -0.05) is 61.8 Å². The van der Waals surface area contributed by atoms with Crippen molar-refractivity contribution in [2.45, 2.75) is 53.0 Å². The minimum atomic E-state index is 0.368. The van der Waals surface area contributed by atoms with Crippen molar-refractivity contribution >= 4 is 15.9 Å². The summed E-state index contributed by atoms with van der Waals surface area (Å²) in [6.45, 7) is 10.3. The molecule has 1 nitrogen and oxygen atoms in total. The largest absolute Gasteiger partial charge is 0.314 e. The summed E-state index contributed by atoms with van der Waals surface area (Å²) in [7, 11) is 0. The highest BCUT2D eigenvalue weighted by Gasteiger charge is 2.19. The van der Waals surface area contributed by atoms with Gasteiger partial charge in [0, 0.05) is 10.5 Å². The normalized spacial score (nSPS) is 13.6. The average molecular weight is 312 g/mol. The van der Waals surface area contributed by atoms with Crippen molar-refractivity contribution < 1.29 is 0 Å². The van der Waals surface area contributed by atoms with Crippen LogP contribution in [0, 0.1) is 5.41 Å². The van der Waals surface area contributed by atoms with Gasteiger partial charge in [0.1, 0.15) is 0 Å². The minimum Gasteiger partial charge on any atom is -0.314 e. The Morgan fingerprint density at radius 1 is 1.22 bits per heavy atom. The van der Waals surface area contributed by atoms with Gasteiger partial charge in [-0.25, -0.2) is 0 Å². The van der Waals surface area contributed by atoms with Crippen LogP contribution in [0.1, 0.15) is 46.1 Å². The first-order valence-corrected chi connectivity index (χ1v) is 7.68. The quantitative estimate of drug-likeness (QED) is 0.796. The van der Waals surface area contributed by atoms with Crippen LogP contribution in [0.25, 0.3) is 0 Å². The van der Waals surface area contributed by atoms with Crippen LogP contribution in [-0.2, 0) is 6.42 Å². The molecule has 102 valence electrons. The lowest BCUT2D eigenvalue weighted by Gasteiger charge is -2.27. The van der Waals surface area contributed by atoms with Crippen molar-refractivity contribution in [3.8, 4) is 0 Å². The van der Waals surface area contributed by atoms with Crippen LogP contribution in [-0.4, -0.2) is 12.6 Å². The molecule has 0 bridgehead atoms. The second-order valence-electron chi connectivity index (χ2n) is 6.21. The maximum absolute atomic E-state index is 3.68. The number of hydrogen-bond acceptors (Lipinski definition) is 1. The summed E-state index contributed by atoms with van der Waals surface area (Å²) >= 11 is 3.64. The second-order valence-corrected chi connectivity index (χ2v) is 7.07. The number of nitrogens with one attached hydrogen (secondary N) is 1. The Morgan fingerprint density at radius 2 is 1.89 bits per heavy atom. The van der Waals surface area contributed by atoms with Gasteiger partial charge in [-0.2, -0.15) is 0 Å². The lowest BCUT2D eigenvalue weighted by molar-refractivity contribution is 0.306. The van der Waals surface area contributed by atoms with E-state index < -0.39 is 0 Å². The molecule has 18 heavy (non-hydrogen) atoms. The van der Waals surface area contributed by atoms with E-state index in [1.165, 1.54) is 22.9 Å². The minimum absolute atomic E-state index is 0.368. The lowest BCUT2D eigenvalue weighted by atomic mass is 9.86. The molecule has 0 saturated carbocycles. The topological polar surface area (TPSA) is 12.0 Å². The lowest BCUT2D eigenvalue weighted by Crippen LogP contribution is -2.35. The maximum Gasteiger partial charge on any atom is 0.0207 e. The van der Waals surface area contributed by atoms with E-state index in [9.17, 15) is 0 Å². The molecule has 0 aromatic heterocycles. The zero-order valence-electron chi connectivity index (χ0n) is 12.1. The van der Waals surface area contributed by atoms with Gasteiger partial charge in [-0.15, -0.1) is 0 Å². The fourth-order valence-electron chi connectivity index (χ4n) is 2.23. The number of hydrogen-bond donors (Lipinski definition) is 1. The molecule has 0 saturated heterocycles. The summed E-state index contributed by atoms with van der Waals surface area (Å²) in [5.74, 6) is 0. The molecule has 0 aliphatic rings. The van der Waals surface area contributed by atoms with Crippen LogP contribution in [0.15, 0.2) is 28.7 Å². The first-order chi connectivity index (χ1) is 8.42. The van der Waals surface area contributed by atoms with Crippen molar-refractivity contribution in [2.75, 3.05) is 6.54 Å². The summed E-state index contributed by atoms with van der Waals surface area (Å²) in [6, 6.07) is 9.10. The molecular weight excluding hydrogens is 286 g/mol. The van der Waals surface area contributed by atoms with Crippen molar-refractivity contribution in [2.24, 2.45) is 5.41 Å². The first kappa shape index (κ1) is 15.7. The zero-order chi connectivity index (χ0) is 13.6. The Hall–Kier alpha value is -0.340. The third-order valence-electron chi connectivity index (χ3n) is 2.97. The smallest absolute Gasteiger partial charge is 0.0207 e. The van der Waals surface area contributed by atoms with E-state index in [-0.39, 0.29) is 0 Å². The van der Waals surface area contributed by atoms with Crippen LogP contribution >= 0.6 is 15.9 Å². The Balaban J connectivity index is 2.69. The van der Waals surface area contributed by atoms with Crippen LogP contribution in [0.3, 0.4) is 0 Å². The highest BCUT2D eigenvalue weighted by atomic mass is 79.9. The Bertz CT molecular complexity index is 354. The summed E-state index contributed by atoms with van der Waals surface area (Å²) in [6.07, 6.45) is 3.49. The van der Waals surface area contributed by atoms with Crippen molar-refractivity contribution in [1.82, 2.24) is 5.32 Å². The summed E-state index contributed by atoms with van der Waals surface area (Å²) < 4.78 is 1.22. The molecule has 0 amide bonds. The third kappa shape index (κ3) is 6.01. The van der Waals surface area contributed by atoms with Gasteiger partial charge in [-0.05, 0) is 42.9 Å². The van der Waals surface area contributed by atoms with E-state index in [0.717, 1.165) is 13.0 Å².